The number of halogens is 13. The Hall–Kier alpha value is -7.03. The molecular formula is C67H75BrF12N2O6. The normalized spacial score (nSPS) is 13.9. The fourth-order valence-electron chi connectivity index (χ4n) is 9.10. The predicted molar refractivity (Wildman–Crippen MR) is 323 cm³/mol. The highest BCUT2D eigenvalue weighted by atomic mass is 79.9. The molecule has 0 saturated heterocycles. The van der Waals surface area contributed by atoms with Gasteiger partial charge in [0.2, 0.25) is 0 Å². The van der Waals surface area contributed by atoms with E-state index in [4.69, 9.17) is 20.3 Å². The van der Waals surface area contributed by atoms with Crippen LogP contribution in [0.4, 0.5) is 64.1 Å². The minimum atomic E-state index is -4.37. The quantitative estimate of drug-likeness (QED) is 0.0539. The molecule has 0 aromatic heterocycles. The van der Waals surface area contributed by atoms with Gasteiger partial charge in [-0.15, -0.1) is 0 Å². The standard InChI is InChI=1S/C23H26F3NO2.C12H17NO.C11H11F3O2.C11H11F3O.C10H10BrF3/c1-22(2,23(24,25)26)18-11-9-15(10-12-18)21(28)27-19-13-16-7-5-4-6-8-17(16)14-20(19)29-3;1-14-12-8-10-6-4-2-3-5-9(10)7-11(12)13;1-10(2,11(12,13)14)8-5-3-7(4-6-8)9(15)16;1-10(2,11(12,13)14)9-5-3-8(7-15)4-6-9;1-9(2,10(12,13)14)7-3-5-8(11)6-4-7/h9-14H,4-8H2,1-3H3,(H,27,28);7-8H,2-6,13H2,1H3;3-6H,1-2H3,(H,15,16);3-7H,1-2H3;3-6H,1-2H3. The number of fused-ring (bicyclic) bond motifs is 2. The number of aromatic carboxylic acids is 1. The van der Waals surface area contributed by atoms with E-state index in [2.05, 4.69) is 33.4 Å². The van der Waals surface area contributed by atoms with Crippen LogP contribution in [-0.2, 0) is 47.3 Å². The zero-order valence-corrected chi connectivity index (χ0v) is 52.3. The first-order chi connectivity index (χ1) is 40.6. The Balaban J connectivity index is 0.000000245. The molecule has 0 unspecified atom stereocenters. The molecule has 0 heterocycles. The lowest BCUT2D eigenvalue weighted by Gasteiger charge is -2.28. The van der Waals surface area contributed by atoms with Crippen molar-refractivity contribution in [1.82, 2.24) is 0 Å². The van der Waals surface area contributed by atoms with Crippen molar-refractivity contribution in [3.8, 4) is 11.5 Å². The van der Waals surface area contributed by atoms with Gasteiger partial charge in [-0.3, -0.25) is 9.59 Å². The lowest BCUT2D eigenvalue weighted by atomic mass is 9.83. The van der Waals surface area contributed by atoms with Crippen LogP contribution in [0.3, 0.4) is 0 Å². The Bertz CT molecular complexity index is 3260. The van der Waals surface area contributed by atoms with E-state index < -0.39 is 52.3 Å². The molecule has 88 heavy (non-hydrogen) atoms. The number of rotatable bonds is 10. The van der Waals surface area contributed by atoms with Gasteiger partial charge in [-0.1, -0.05) is 89.4 Å². The van der Waals surface area contributed by atoms with Crippen LogP contribution in [0, 0.1) is 0 Å². The summed E-state index contributed by atoms with van der Waals surface area (Å²) in [6, 6.07) is 30.0. The molecule has 0 spiro atoms. The van der Waals surface area contributed by atoms with Crippen LogP contribution in [0.5, 0.6) is 11.5 Å². The van der Waals surface area contributed by atoms with Crippen molar-refractivity contribution in [3.05, 3.63) is 187 Å². The first kappa shape index (κ1) is 73.4. The second kappa shape index (κ2) is 30.0. The summed E-state index contributed by atoms with van der Waals surface area (Å²) in [6.45, 7) is 8.95. The van der Waals surface area contributed by atoms with Crippen LogP contribution >= 0.6 is 15.9 Å². The van der Waals surface area contributed by atoms with Gasteiger partial charge in [-0.25, -0.2) is 4.79 Å². The number of anilines is 2. The number of benzene rings is 6. The third kappa shape index (κ3) is 19.0. The second-order valence-corrected chi connectivity index (χ2v) is 24.4. The summed E-state index contributed by atoms with van der Waals surface area (Å²) in [4.78, 5) is 33.6. The van der Waals surface area contributed by atoms with E-state index in [0.717, 1.165) is 83.1 Å². The molecule has 1 amide bonds. The van der Waals surface area contributed by atoms with Gasteiger partial charge in [-0.2, -0.15) is 52.7 Å². The molecule has 8 nitrogen and oxygen atoms in total. The summed E-state index contributed by atoms with van der Waals surface area (Å²) in [5, 5.41) is 11.5. The molecule has 0 fully saturated rings. The summed E-state index contributed by atoms with van der Waals surface area (Å²) in [5.74, 6) is -0.121. The van der Waals surface area contributed by atoms with Crippen LogP contribution < -0.4 is 20.5 Å². The van der Waals surface area contributed by atoms with Crippen molar-refractivity contribution in [1.29, 1.82) is 0 Å². The Morgan fingerprint density at radius 2 is 0.773 bits per heavy atom. The Kier molecular flexibility index (Phi) is 25.0. The number of methoxy groups -OCH3 is 2. The average molecular weight is 1310 g/mol. The van der Waals surface area contributed by atoms with E-state index in [1.54, 1.807) is 26.4 Å². The molecule has 6 aromatic rings. The first-order valence-electron chi connectivity index (χ1n) is 28.1. The van der Waals surface area contributed by atoms with E-state index in [-0.39, 0.29) is 33.7 Å². The minimum absolute atomic E-state index is 0.0262. The van der Waals surface area contributed by atoms with Gasteiger partial charge in [0.1, 0.15) is 17.8 Å². The monoisotopic (exact) mass is 1310 g/mol. The molecule has 2 aliphatic rings. The molecule has 8 rings (SSSR count). The van der Waals surface area contributed by atoms with Crippen molar-refractivity contribution < 1.29 is 81.6 Å². The zero-order chi connectivity index (χ0) is 66.4. The Morgan fingerprint density at radius 3 is 1.10 bits per heavy atom. The molecule has 0 radical (unpaired) electrons. The van der Waals surface area contributed by atoms with Gasteiger partial charge < -0.3 is 25.6 Å². The third-order valence-corrected chi connectivity index (χ3v) is 16.5. The van der Waals surface area contributed by atoms with Crippen molar-refractivity contribution >= 4 is 45.5 Å². The maximum atomic E-state index is 13.2. The summed E-state index contributed by atoms with van der Waals surface area (Å²) < 4.78 is 165. The number of nitrogens with two attached hydrogens (primary N) is 1. The summed E-state index contributed by atoms with van der Waals surface area (Å²) in [5.41, 5.74) is 6.10. The molecule has 4 N–H and O–H groups in total. The molecule has 480 valence electrons. The van der Waals surface area contributed by atoms with E-state index in [1.165, 1.54) is 160 Å². The Labute approximate surface area is 514 Å². The number of aryl methyl sites for hydroxylation is 4. The molecule has 0 saturated carbocycles. The number of ether oxygens (including phenoxy) is 2. The van der Waals surface area contributed by atoms with Crippen molar-refractivity contribution in [2.75, 3.05) is 25.3 Å². The summed E-state index contributed by atoms with van der Waals surface area (Å²) >= 11 is 3.18. The number of alkyl halides is 12. The zero-order valence-electron chi connectivity index (χ0n) is 50.7. The molecule has 2 aliphatic carbocycles. The van der Waals surface area contributed by atoms with E-state index in [9.17, 15) is 67.1 Å². The number of nitrogens with one attached hydrogen (secondary N) is 1. The maximum absolute atomic E-state index is 13.2. The number of amides is 1. The van der Waals surface area contributed by atoms with Gasteiger partial charge in [0.05, 0.1) is 52.8 Å². The first-order valence-corrected chi connectivity index (χ1v) is 28.9. The fraction of sp³-hybridized carbons (Fsp3) is 0.418. The molecule has 0 bridgehead atoms. The number of aldehydes is 1. The van der Waals surface area contributed by atoms with Crippen LogP contribution in [0.1, 0.15) is 169 Å². The topological polar surface area (TPSA) is 128 Å². The maximum Gasteiger partial charge on any atom is 0.397 e. The fourth-order valence-corrected chi connectivity index (χ4v) is 9.37. The lowest BCUT2D eigenvalue weighted by Crippen LogP contribution is -2.36. The van der Waals surface area contributed by atoms with Gasteiger partial charge >= 0.3 is 30.7 Å². The van der Waals surface area contributed by atoms with Crippen LogP contribution in [0.25, 0.3) is 0 Å². The largest absolute Gasteiger partial charge is 0.495 e. The highest BCUT2D eigenvalue weighted by Crippen LogP contribution is 2.44. The number of carboxylic acid groups (broad SMARTS) is 1. The van der Waals surface area contributed by atoms with Crippen LogP contribution in [-0.4, -0.2) is 62.2 Å². The van der Waals surface area contributed by atoms with E-state index in [1.807, 2.05) is 12.1 Å². The lowest BCUT2D eigenvalue weighted by molar-refractivity contribution is -0.180. The number of carbonyl (C=O) groups is 3. The Morgan fingerprint density at radius 1 is 0.466 bits per heavy atom. The predicted octanol–water partition coefficient (Wildman–Crippen LogP) is 19.5. The van der Waals surface area contributed by atoms with Gasteiger partial charge in [0.25, 0.3) is 5.91 Å². The minimum Gasteiger partial charge on any atom is -0.495 e. The van der Waals surface area contributed by atoms with Crippen LogP contribution in [0.2, 0.25) is 0 Å². The van der Waals surface area contributed by atoms with Crippen LogP contribution in [0.15, 0.2) is 126 Å². The van der Waals surface area contributed by atoms with E-state index in [0.29, 0.717) is 28.8 Å². The van der Waals surface area contributed by atoms with Crippen molar-refractivity contribution in [2.24, 2.45) is 0 Å². The average Bonchev–Trinajstić information content (AvgIpc) is 1.21. The van der Waals surface area contributed by atoms with Crippen molar-refractivity contribution in [3.63, 3.8) is 0 Å². The number of carboxylic acids is 1. The number of carbonyl (C=O) groups excluding carboxylic acids is 2. The highest BCUT2D eigenvalue weighted by molar-refractivity contribution is 9.10. The number of hydrogen-bond acceptors (Lipinski definition) is 6. The second-order valence-electron chi connectivity index (χ2n) is 23.5. The smallest absolute Gasteiger partial charge is 0.397 e. The molecule has 0 aliphatic heterocycles. The van der Waals surface area contributed by atoms with Gasteiger partial charge in [-0.05, 0) is 212 Å². The van der Waals surface area contributed by atoms with Gasteiger partial charge in [0.15, 0.2) is 0 Å². The molecule has 0 atom stereocenters. The summed E-state index contributed by atoms with van der Waals surface area (Å²) in [7, 11) is 3.23. The third-order valence-electron chi connectivity index (χ3n) is 16.0. The molecule has 21 heteroatoms. The van der Waals surface area contributed by atoms with E-state index >= 15 is 0 Å². The van der Waals surface area contributed by atoms with Gasteiger partial charge in [0, 0.05) is 15.6 Å². The number of nitrogen functional groups attached to an aromatic ring is 1. The number of hydrogen-bond donors (Lipinski definition) is 3. The SMILES string of the molecule is CC(C)(c1ccc(Br)cc1)C(F)(F)F.CC(C)(c1ccc(C(=O)O)cc1)C(F)(F)F.CC(C)(c1ccc(C=O)cc1)C(F)(F)F.COc1cc2c(cc1N)CCCCC2.COc1cc2c(cc1NC(=O)c1ccc(C(C)(C)C(F)(F)F)cc1)CCCCC2. The summed E-state index contributed by atoms with van der Waals surface area (Å²) in [6.07, 6.45) is -5.00. The van der Waals surface area contributed by atoms with Crippen molar-refractivity contribution in [2.45, 2.75) is 166 Å². The highest BCUT2D eigenvalue weighted by Gasteiger charge is 2.51. The molecular weight excluding hydrogens is 1240 g/mol. The molecule has 6 aromatic carbocycles.